The number of rotatable bonds is 4. The monoisotopic (exact) mass is 392 g/mol. The van der Waals surface area contributed by atoms with E-state index in [0.29, 0.717) is 34.1 Å². The lowest BCUT2D eigenvalue weighted by atomic mass is 9.97. The Balaban J connectivity index is 1.99. The maximum atomic E-state index is 13.4. The molecule has 7 heteroatoms. The number of carbonyl (C=O) groups excluding carboxylic acids is 1. The van der Waals surface area contributed by atoms with Crippen molar-refractivity contribution in [1.29, 1.82) is 0 Å². The summed E-state index contributed by atoms with van der Waals surface area (Å²) in [5.41, 5.74) is 4.37. The number of fused-ring (bicyclic) bond motifs is 1. The second-order valence-electron chi connectivity index (χ2n) is 6.17. The van der Waals surface area contributed by atoms with Gasteiger partial charge in [-0.25, -0.2) is 19.3 Å². The van der Waals surface area contributed by atoms with E-state index in [1.54, 1.807) is 18.2 Å². The number of nitrogens with one attached hydrogen (secondary N) is 1. The Morgan fingerprint density at radius 1 is 1.04 bits per heavy atom. The molecule has 1 N–H and O–H groups in total. The zero-order valence-electron chi connectivity index (χ0n) is 14.8. The minimum Gasteiger partial charge on any atom is -0.313 e. The number of anilines is 1. The molecular formula is C21H14ClFN4O. The standard InChI is InChI=1S/C21H14ClFN4O/c1-12-16-8-14(4-7-18(16)25-10-24-12)20-17(22)9-19(26-11-28)27-21(20)13-2-5-15(23)6-3-13/h2-11H,1H3,(H,26,27,28). The van der Waals surface area contributed by atoms with Crippen LogP contribution in [-0.2, 0) is 4.79 Å². The molecule has 1 amide bonds. The van der Waals surface area contributed by atoms with Gasteiger partial charge < -0.3 is 5.32 Å². The first-order chi connectivity index (χ1) is 13.6. The summed E-state index contributed by atoms with van der Waals surface area (Å²) < 4.78 is 13.4. The molecule has 2 aromatic carbocycles. The van der Waals surface area contributed by atoms with E-state index < -0.39 is 0 Å². The van der Waals surface area contributed by atoms with E-state index in [1.165, 1.54) is 18.5 Å². The number of carbonyl (C=O) groups is 1. The molecule has 4 rings (SSSR count). The summed E-state index contributed by atoms with van der Waals surface area (Å²) in [6.45, 7) is 1.91. The summed E-state index contributed by atoms with van der Waals surface area (Å²) in [7, 11) is 0. The summed E-state index contributed by atoms with van der Waals surface area (Å²) in [5.74, 6) is -0.0413. The van der Waals surface area contributed by atoms with Crippen LogP contribution < -0.4 is 5.32 Å². The van der Waals surface area contributed by atoms with Crippen LogP contribution in [0.5, 0.6) is 0 Å². The number of amides is 1. The van der Waals surface area contributed by atoms with E-state index in [2.05, 4.69) is 20.3 Å². The van der Waals surface area contributed by atoms with Crippen LogP contribution in [0.2, 0.25) is 5.02 Å². The molecule has 0 radical (unpaired) electrons. The van der Waals surface area contributed by atoms with Gasteiger partial charge in [0.15, 0.2) is 0 Å². The van der Waals surface area contributed by atoms with Crippen molar-refractivity contribution in [2.75, 3.05) is 5.32 Å². The maximum Gasteiger partial charge on any atom is 0.212 e. The number of aromatic nitrogens is 3. The van der Waals surface area contributed by atoms with Gasteiger partial charge in [0, 0.05) is 28.3 Å². The number of benzene rings is 2. The topological polar surface area (TPSA) is 67.8 Å². The van der Waals surface area contributed by atoms with Crippen LogP contribution in [-0.4, -0.2) is 21.4 Å². The van der Waals surface area contributed by atoms with Gasteiger partial charge >= 0.3 is 0 Å². The Labute approximate surface area is 165 Å². The molecule has 0 spiro atoms. The first kappa shape index (κ1) is 18.0. The van der Waals surface area contributed by atoms with Crippen molar-refractivity contribution < 1.29 is 9.18 Å². The van der Waals surface area contributed by atoms with E-state index in [4.69, 9.17) is 11.6 Å². The molecule has 0 bridgehead atoms. The van der Waals surface area contributed by atoms with E-state index >= 15 is 0 Å². The highest BCUT2D eigenvalue weighted by Crippen LogP contribution is 2.39. The van der Waals surface area contributed by atoms with Gasteiger partial charge in [-0.2, -0.15) is 0 Å². The van der Waals surface area contributed by atoms with Gasteiger partial charge in [0.2, 0.25) is 6.41 Å². The number of pyridine rings is 1. The summed E-state index contributed by atoms with van der Waals surface area (Å²) in [6, 6.07) is 13.3. The quantitative estimate of drug-likeness (QED) is 0.495. The van der Waals surface area contributed by atoms with Crippen LogP contribution >= 0.6 is 11.6 Å². The molecule has 0 aliphatic heterocycles. The molecule has 138 valence electrons. The van der Waals surface area contributed by atoms with Crippen LogP contribution in [0, 0.1) is 12.7 Å². The van der Waals surface area contributed by atoms with Crippen LogP contribution in [0.25, 0.3) is 33.3 Å². The van der Waals surface area contributed by atoms with Gasteiger partial charge in [-0.3, -0.25) is 4.79 Å². The van der Waals surface area contributed by atoms with Crippen LogP contribution in [0.15, 0.2) is 54.9 Å². The first-order valence-corrected chi connectivity index (χ1v) is 8.83. The lowest BCUT2D eigenvalue weighted by Gasteiger charge is -2.14. The van der Waals surface area contributed by atoms with Crippen molar-refractivity contribution in [3.05, 3.63) is 71.4 Å². The lowest BCUT2D eigenvalue weighted by molar-refractivity contribution is -0.105. The Morgan fingerprint density at radius 3 is 2.54 bits per heavy atom. The van der Waals surface area contributed by atoms with Gasteiger partial charge in [-0.1, -0.05) is 17.7 Å². The minimum absolute atomic E-state index is 0.309. The maximum absolute atomic E-state index is 13.4. The Morgan fingerprint density at radius 2 is 1.79 bits per heavy atom. The van der Waals surface area contributed by atoms with E-state index in [0.717, 1.165) is 22.2 Å². The zero-order valence-corrected chi connectivity index (χ0v) is 15.5. The molecule has 0 atom stereocenters. The fourth-order valence-electron chi connectivity index (χ4n) is 3.08. The minimum atomic E-state index is -0.350. The van der Waals surface area contributed by atoms with Crippen molar-refractivity contribution in [2.45, 2.75) is 6.92 Å². The summed E-state index contributed by atoms with van der Waals surface area (Å²) in [4.78, 5) is 23.9. The average Bonchev–Trinajstić information content (AvgIpc) is 2.69. The Hall–Kier alpha value is -3.38. The fraction of sp³-hybridized carbons (Fsp3) is 0.0476. The predicted molar refractivity (Wildman–Crippen MR) is 108 cm³/mol. The molecule has 4 aromatic rings. The number of hydrogen-bond donors (Lipinski definition) is 1. The zero-order chi connectivity index (χ0) is 19.7. The molecule has 0 fully saturated rings. The van der Waals surface area contributed by atoms with E-state index in [1.807, 2.05) is 25.1 Å². The second kappa shape index (κ2) is 7.32. The van der Waals surface area contributed by atoms with Gasteiger partial charge in [0.25, 0.3) is 0 Å². The largest absolute Gasteiger partial charge is 0.313 e. The Bertz CT molecular complexity index is 1200. The highest BCUT2D eigenvalue weighted by Gasteiger charge is 2.16. The summed E-state index contributed by atoms with van der Waals surface area (Å²) >= 11 is 6.58. The molecule has 0 saturated heterocycles. The van der Waals surface area contributed by atoms with E-state index in [-0.39, 0.29) is 5.82 Å². The molecule has 0 aliphatic carbocycles. The third kappa shape index (κ3) is 3.30. The molecular weight excluding hydrogens is 379 g/mol. The van der Waals surface area contributed by atoms with Crippen LogP contribution in [0.4, 0.5) is 10.2 Å². The van der Waals surface area contributed by atoms with Gasteiger partial charge in [0.05, 0.1) is 16.2 Å². The highest BCUT2D eigenvalue weighted by molar-refractivity contribution is 6.34. The molecule has 0 aliphatic rings. The molecule has 2 heterocycles. The second-order valence-corrected chi connectivity index (χ2v) is 6.58. The van der Waals surface area contributed by atoms with Crippen LogP contribution in [0.3, 0.4) is 0 Å². The number of nitrogens with zero attached hydrogens (tertiary/aromatic N) is 3. The van der Waals surface area contributed by atoms with Gasteiger partial charge in [-0.15, -0.1) is 0 Å². The SMILES string of the molecule is Cc1ncnc2ccc(-c3c(Cl)cc(NC=O)nc3-c3ccc(F)cc3)cc12. The smallest absolute Gasteiger partial charge is 0.212 e. The van der Waals surface area contributed by atoms with E-state index in [9.17, 15) is 9.18 Å². The van der Waals surface area contributed by atoms with Crippen molar-refractivity contribution in [3.63, 3.8) is 0 Å². The number of aryl methyl sites for hydroxylation is 1. The third-order valence-electron chi connectivity index (χ3n) is 4.42. The Kier molecular flexibility index (Phi) is 4.71. The van der Waals surface area contributed by atoms with Crippen molar-refractivity contribution in [3.8, 4) is 22.4 Å². The molecule has 0 unspecified atom stereocenters. The molecule has 28 heavy (non-hydrogen) atoms. The molecule has 5 nitrogen and oxygen atoms in total. The van der Waals surface area contributed by atoms with Gasteiger partial charge in [-0.05, 0) is 48.9 Å². The summed E-state index contributed by atoms with van der Waals surface area (Å²) in [6.07, 6.45) is 2.05. The summed E-state index contributed by atoms with van der Waals surface area (Å²) in [5, 5.41) is 3.83. The molecule has 0 saturated carbocycles. The lowest BCUT2D eigenvalue weighted by Crippen LogP contribution is -2.00. The fourth-order valence-corrected chi connectivity index (χ4v) is 3.38. The van der Waals surface area contributed by atoms with Crippen LogP contribution in [0.1, 0.15) is 5.69 Å². The van der Waals surface area contributed by atoms with Crippen molar-refractivity contribution >= 4 is 34.7 Å². The third-order valence-corrected chi connectivity index (χ3v) is 4.72. The number of hydrogen-bond acceptors (Lipinski definition) is 4. The first-order valence-electron chi connectivity index (χ1n) is 8.45. The van der Waals surface area contributed by atoms with Crippen molar-refractivity contribution in [1.82, 2.24) is 15.0 Å². The normalized spacial score (nSPS) is 10.8. The van der Waals surface area contributed by atoms with Gasteiger partial charge in [0.1, 0.15) is 18.0 Å². The van der Waals surface area contributed by atoms with Crippen molar-refractivity contribution in [2.24, 2.45) is 0 Å². The average molecular weight is 393 g/mol. The predicted octanol–water partition coefficient (Wildman–Crippen LogP) is 5.03. The number of halogens is 2. The molecule has 2 aromatic heterocycles. The highest BCUT2D eigenvalue weighted by atomic mass is 35.5.